The molecule has 1 aliphatic heterocycles. The lowest BCUT2D eigenvalue weighted by atomic mass is 9.97. The number of carbonyl (C=O) groups is 1. The van der Waals surface area contributed by atoms with E-state index in [4.69, 9.17) is 15.2 Å². The van der Waals surface area contributed by atoms with E-state index < -0.39 is 0 Å². The molecule has 144 valence electrons. The highest BCUT2D eigenvalue weighted by Gasteiger charge is 2.31. The van der Waals surface area contributed by atoms with E-state index in [9.17, 15) is 4.79 Å². The number of hydrogen-bond acceptors (Lipinski definition) is 5. The van der Waals surface area contributed by atoms with Crippen LogP contribution in [0, 0.1) is 0 Å². The summed E-state index contributed by atoms with van der Waals surface area (Å²) in [4.78, 5) is 19.8. The highest BCUT2D eigenvalue weighted by molar-refractivity contribution is 5.97. The first-order valence-corrected chi connectivity index (χ1v) is 9.47. The molecule has 2 N–H and O–H groups in total. The predicted octanol–water partition coefficient (Wildman–Crippen LogP) is 3.19. The van der Waals surface area contributed by atoms with E-state index >= 15 is 0 Å². The standard InChI is InChI=1S/C21H27N3O3/c1-26-16-9-10-20(27-14-6-11-22)17(15-16)21(25)24-13-5-3-8-19(24)18-7-2-4-12-23-18/h2,4,7,9-10,12,15,19H,3,5-6,8,11,13-14,22H2,1H3. The third-order valence-corrected chi connectivity index (χ3v) is 4.82. The first-order chi connectivity index (χ1) is 13.2. The second-order valence-electron chi connectivity index (χ2n) is 6.62. The summed E-state index contributed by atoms with van der Waals surface area (Å²) in [5.41, 5.74) is 7.01. The SMILES string of the molecule is COc1ccc(OCCCN)c(C(=O)N2CCCCC2c2ccccn2)c1. The molecule has 1 amide bonds. The van der Waals surface area contributed by atoms with E-state index in [2.05, 4.69) is 4.98 Å². The van der Waals surface area contributed by atoms with Crippen molar-refractivity contribution >= 4 is 5.91 Å². The van der Waals surface area contributed by atoms with Crippen molar-refractivity contribution in [2.24, 2.45) is 5.73 Å². The molecule has 0 saturated carbocycles. The van der Waals surface area contributed by atoms with Gasteiger partial charge < -0.3 is 20.1 Å². The Bertz CT molecular complexity index is 752. The molecule has 1 saturated heterocycles. The Hall–Kier alpha value is -2.60. The summed E-state index contributed by atoms with van der Waals surface area (Å²) in [6, 6.07) is 11.2. The number of hydrogen-bond donors (Lipinski definition) is 1. The van der Waals surface area contributed by atoms with Crippen molar-refractivity contribution in [2.45, 2.75) is 31.7 Å². The highest BCUT2D eigenvalue weighted by atomic mass is 16.5. The first kappa shape index (κ1) is 19.2. The molecule has 0 bridgehead atoms. The van der Waals surface area contributed by atoms with Crippen molar-refractivity contribution < 1.29 is 14.3 Å². The van der Waals surface area contributed by atoms with Crippen LogP contribution in [0.2, 0.25) is 0 Å². The summed E-state index contributed by atoms with van der Waals surface area (Å²) < 4.78 is 11.2. The zero-order chi connectivity index (χ0) is 19.1. The van der Waals surface area contributed by atoms with Gasteiger partial charge in [0.05, 0.1) is 31.0 Å². The van der Waals surface area contributed by atoms with Crippen LogP contribution in [0.25, 0.3) is 0 Å². The molecule has 0 aliphatic carbocycles. The molecule has 2 heterocycles. The molecule has 1 atom stereocenters. The molecular weight excluding hydrogens is 342 g/mol. The van der Waals surface area contributed by atoms with Crippen LogP contribution in [0.5, 0.6) is 11.5 Å². The van der Waals surface area contributed by atoms with Gasteiger partial charge >= 0.3 is 0 Å². The van der Waals surface area contributed by atoms with Crippen LogP contribution in [0.4, 0.5) is 0 Å². The van der Waals surface area contributed by atoms with Gasteiger partial charge in [-0.3, -0.25) is 9.78 Å². The van der Waals surface area contributed by atoms with Crippen LogP contribution in [0.1, 0.15) is 47.8 Å². The van der Waals surface area contributed by atoms with E-state index in [0.717, 1.165) is 31.4 Å². The molecule has 0 radical (unpaired) electrons. The second kappa shape index (κ2) is 9.37. The predicted molar refractivity (Wildman–Crippen MR) is 104 cm³/mol. The van der Waals surface area contributed by atoms with E-state index in [1.807, 2.05) is 23.1 Å². The summed E-state index contributed by atoms with van der Waals surface area (Å²) in [6.07, 6.45) is 5.50. The normalized spacial score (nSPS) is 16.8. The Kier molecular flexibility index (Phi) is 6.65. The van der Waals surface area contributed by atoms with Gasteiger partial charge in [-0.05, 0) is 62.6 Å². The smallest absolute Gasteiger partial charge is 0.258 e. The Balaban J connectivity index is 1.90. The number of rotatable bonds is 7. The lowest BCUT2D eigenvalue weighted by Gasteiger charge is -2.35. The van der Waals surface area contributed by atoms with Gasteiger partial charge in [-0.15, -0.1) is 0 Å². The van der Waals surface area contributed by atoms with Crippen molar-refractivity contribution in [3.05, 3.63) is 53.9 Å². The fraction of sp³-hybridized carbons (Fsp3) is 0.429. The molecule has 27 heavy (non-hydrogen) atoms. The van der Waals surface area contributed by atoms with Crippen molar-refractivity contribution in [3.63, 3.8) is 0 Å². The molecule has 1 fully saturated rings. The van der Waals surface area contributed by atoms with Crippen molar-refractivity contribution in [1.82, 2.24) is 9.88 Å². The molecule has 1 aromatic heterocycles. The molecule has 1 aliphatic rings. The Morgan fingerprint density at radius 2 is 2.19 bits per heavy atom. The number of methoxy groups -OCH3 is 1. The van der Waals surface area contributed by atoms with Gasteiger partial charge in [-0.1, -0.05) is 6.07 Å². The quantitative estimate of drug-likeness (QED) is 0.759. The number of aromatic nitrogens is 1. The maximum absolute atomic E-state index is 13.4. The molecule has 6 heteroatoms. The van der Waals surface area contributed by atoms with Gasteiger partial charge in [0.25, 0.3) is 5.91 Å². The maximum atomic E-state index is 13.4. The number of nitrogens with two attached hydrogens (primary N) is 1. The number of benzene rings is 1. The third-order valence-electron chi connectivity index (χ3n) is 4.82. The van der Waals surface area contributed by atoms with Crippen LogP contribution in [-0.2, 0) is 0 Å². The minimum absolute atomic E-state index is 0.0180. The van der Waals surface area contributed by atoms with Crippen molar-refractivity contribution in [1.29, 1.82) is 0 Å². The molecule has 0 spiro atoms. The summed E-state index contributed by atoms with van der Waals surface area (Å²) in [5.74, 6) is 1.16. The summed E-state index contributed by atoms with van der Waals surface area (Å²) in [7, 11) is 1.59. The van der Waals surface area contributed by atoms with Gasteiger partial charge in [0.2, 0.25) is 0 Å². The van der Waals surface area contributed by atoms with E-state index in [-0.39, 0.29) is 11.9 Å². The van der Waals surface area contributed by atoms with E-state index in [0.29, 0.717) is 36.8 Å². The molecular formula is C21H27N3O3. The fourth-order valence-electron chi connectivity index (χ4n) is 3.40. The third kappa shape index (κ3) is 4.57. The van der Waals surface area contributed by atoms with Gasteiger partial charge in [-0.25, -0.2) is 0 Å². The average molecular weight is 369 g/mol. The zero-order valence-electron chi connectivity index (χ0n) is 15.8. The Morgan fingerprint density at radius 3 is 2.93 bits per heavy atom. The van der Waals surface area contributed by atoms with Crippen molar-refractivity contribution in [3.8, 4) is 11.5 Å². The fourth-order valence-corrected chi connectivity index (χ4v) is 3.40. The van der Waals surface area contributed by atoms with Crippen LogP contribution >= 0.6 is 0 Å². The number of pyridine rings is 1. The number of carbonyl (C=O) groups excluding carboxylic acids is 1. The van der Waals surface area contributed by atoms with Gasteiger partial charge in [0.15, 0.2) is 0 Å². The second-order valence-corrected chi connectivity index (χ2v) is 6.62. The minimum Gasteiger partial charge on any atom is -0.497 e. The van der Waals surface area contributed by atoms with Gasteiger partial charge in [-0.2, -0.15) is 0 Å². The largest absolute Gasteiger partial charge is 0.497 e. The molecule has 6 nitrogen and oxygen atoms in total. The van der Waals surface area contributed by atoms with Crippen LogP contribution < -0.4 is 15.2 Å². The Morgan fingerprint density at radius 1 is 1.30 bits per heavy atom. The van der Waals surface area contributed by atoms with E-state index in [1.54, 1.807) is 31.5 Å². The average Bonchev–Trinajstić information content (AvgIpc) is 2.74. The summed E-state index contributed by atoms with van der Waals surface area (Å²) in [5, 5.41) is 0. The van der Waals surface area contributed by atoms with Crippen LogP contribution in [0.3, 0.4) is 0 Å². The van der Waals surface area contributed by atoms with Crippen molar-refractivity contribution in [2.75, 3.05) is 26.8 Å². The maximum Gasteiger partial charge on any atom is 0.258 e. The summed E-state index contributed by atoms with van der Waals surface area (Å²) >= 11 is 0. The molecule has 1 unspecified atom stereocenters. The number of amides is 1. The Labute approximate surface area is 160 Å². The summed E-state index contributed by atoms with van der Waals surface area (Å²) in [6.45, 7) is 1.74. The molecule has 1 aromatic carbocycles. The molecule has 3 rings (SSSR count). The van der Waals surface area contributed by atoms with Crippen LogP contribution in [0.15, 0.2) is 42.6 Å². The zero-order valence-corrected chi connectivity index (χ0v) is 15.8. The lowest BCUT2D eigenvalue weighted by Crippen LogP contribution is -2.39. The highest BCUT2D eigenvalue weighted by Crippen LogP contribution is 2.34. The number of nitrogens with zero attached hydrogens (tertiary/aromatic N) is 2. The lowest BCUT2D eigenvalue weighted by molar-refractivity contribution is 0.0601. The first-order valence-electron chi connectivity index (χ1n) is 9.47. The van der Waals surface area contributed by atoms with Gasteiger partial charge in [0.1, 0.15) is 11.5 Å². The monoisotopic (exact) mass is 369 g/mol. The number of ether oxygens (including phenoxy) is 2. The van der Waals surface area contributed by atoms with E-state index in [1.165, 1.54) is 0 Å². The van der Waals surface area contributed by atoms with Crippen LogP contribution in [-0.4, -0.2) is 42.6 Å². The number of piperidine rings is 1. The molecule has 2 aromatic rings. The van der Waals surface area contributed by atoms with Gasteiger partial charge in [0, 0.05) is 12.7 Å². The topological polar surface area (TPSA) is 77.7 Å². The number of likely N-dealkylation sites (tertiary alicyclic amines) is 1. The minimum atomic E-state index is -0.0491.